The van der Waals surface area contributed by atoms with E-state index < -0.39 is 0 Å². The Kier molecular flexibility index (Phi) is 3.94. The molecule has 2 heterocycles. The van der Waals surface area contributed by atoms with Crippen LogP contribution in [0.25, 0.3) is 0 Å². The van der Waals surface area contributed by atoms with Crippen molar-refractivity contribution in [2.45, 2.75) is 26.7 Å². The monoisotopic (exact) mass is 275 g/mol. The van der Waals surface area contributed by atoms with Crippen molar-refractivity contribution in [1.82, 2.24) is 14.8 Å². The van der Waals surface area contributed by atoms with Crippen LogP contribution in [-0.4, -0.2) is 59.8 Å². The fourth-order valence-electron chi connectivity index (χ4n) is 3.10. The van der Waals surface area contributed by atoms with Crippen LogP contribution in [-0.2, 0) is 0 Å². The van der Waals surface area contributed by atoms with E-state index in [0.29, 0.717) is 6.54 Å². The molecule has 1 N–H and O–H groups in total. The maximum absolute atomic E-state index is 12.3. The highest BCUT2D eigenvalue weighted by Gasteiger charge is 2.27. The van der Waals surface area contributed by atoms with Gasteiger partial charge in [-0.1, -0.05) is 0 Å². The van der Waals surface area contributed by atoms with Gasteiger partial charge in [-0.25, -0.2) is 0 Å². The van der Waals surface area contributed by atoms with Gasteiger partial charge in [0.15, 0.2) is 5.78 Å². The van der Waals surface area contributed by atoms with Crippen LogP contribution >= 0.6 is 0 Å². The van der Waals surface area contributed by atoms with Gasteiger partial charge in [-0.3, -0.25) is 9.69 Å². The van der Waals surface area contributed by atoms with Crippen LogP contribution in [0.15, 0.2) is 6.07 Å². The maximum atomic E-state index is 12.3. The zero-order valence-corrected chi connectivity index (χ0v) is 12.6. The second-order valence-corrected chi connectivity index (χ2v) is 6.43. The number of piperazine rings is 1. The largest absolute Gasteiger partial charge is 0.362 e. The summed E-state index contributed by atoms with van der Waals surface area (Å²) in [6, 6.07) is 1.97. The van der Waals surface area contributed by atoms with E-state index in [1.807, 2.05) is 19.9 Å². The Hall–Kier alpha value is -1.13. The second-order valence-electron chi connectivity index (χ2n) is 6.43. The number of H-pyrrole nitrogens is 1. The molecule has 0 atom stereocenters. The van der Waals surface area contributed by atoms with Crippen molar-refractivity contribution < 1.29 is 4.79 Å². The van der Waals surface area contributed by atoms with Gasteiger partial charge in [0.2, 0.25) is 0 Å². The summed E-state index contributed by atoms with van der Waals surface area (Å²) in [4.78, 5) is 20.4. The Morgan fingerprint density at radius 2 is 1.85 bits per heavy atom. The van der Waals surface area contributed by atoms with Crippen LogP contribution in [0, 0.1) is 19.8 Å². The van der Waals surface area contributed by atoms with Crippen LogP contribution < -0.4 is 0 Å². The highest BCUT2D eigenvalue weighted by Crippen LogP contribution is 2.29. The molecule has 110 valence electrons. The normalized spacial score (nSPS) is 21.3. The van der Waals surface area contributed by atoms with Crippen molar-refractivity contribution >= 4 is 5.78 Å². The molecule has 0 radical (unpaired) electrons. The van der Waals surface area contributed by atoms with E-state index in [9.17, 15) is 4.79 Å². The number of rotatable bonds is 5. The Bertz CT molecular complexity index is 482. The van der Waals surface area contributed by atoms with Gasteiger partial charge in [-0.2, -0.15) is 0 Å². The Morgan fingerprint density at radius 3 is 2.40 bits per heavy atom. The third-order valence-corrected chi connectivity index (χ3v) is 4.50. The predicted octanol–water partition coefficient (Wildman–Crippen LogP) is 1.84. The molecule has 1 saturated carbocycles. The molecule has 4 heteroatoms. The van der Waals surface area contributed by atoms with Crippen LogP contribution in [0.2, 0.25) is 0 Å². The van der Waals surface area contributed by atoms with Crippen molar-refractivity contribution in [2.75, 3.05) is 39.3 Å². The highest BCUT2D eigenvalue weighted by molar-refractivity contribution is 5.98. The average Bonchev–Trinajstić information content (AvgIpc) is 3.15. The fourth-order valence-corrected chi connectivity index (χ4v) is 3.10. The first-order chi connectivity index (χ1) is 9.61. The number of Topliss-reactive ketones (excluding diaryl/α,β-unsaturated/α-hetero) is 1. The molecule has 1 aliphatic heterocycles. The molecule has 20 heavy (non-hydrogen) atoms. The number of ketones is 1. The summed E-state index contributed by atoms with van der Waals surface area (Å²) in [5.41, 5.74) is 2.93. The number of nitrogens with one attached hydrogen (secondary N) is 1. The summed E-state index contributed by atoms with van der Waals surface area (Å²) in [6.07, 6.45) is 2.84. The molecule has 4 nitrogen and oxygen atoms in total. The third kappa shape index (κ3) is 3.30. The lowest BCUT2D eigenvalue weighted by atomic mass is 10.1. The fraction of sp³-hybridized carbons (Fsp3) is 0.688. The van der Waals surface area contributed by atoms with Gasteiger partial charge in [0.1, 0.15) is 0 Å². The SMILES string of the molecule is Cc1cc(C(=O)CN2CCN(CC3CC3)CC2)c(C)[nH]1. The second kappa shape index (κ2) is 5.70. The predicted molar refractivity (Wildman–Crippen MR) is 80.2 cm³/mol. The summed E-state index contributed by atoms with van der Waals surface area (Å²) in [6.45, 7) is 10.1. The highest BCUT2D eigenvalue weighted by atomic mass is 16.1. The summed E-state index contributed by atoms with van der Waals surface area (Å²) >= 11 is 0. The van der Waals surface area contributed by atoms with Crippen LogP contribution in [0.1, 0.15) is 34.6 Å². The van der Waals surface area contributed by atoms with Crippen molar-refractivity contribution in [3.63, 3.8) is 0 Å². The Morgan fingerprint density at radius 1 is 1.20 bits per heavy atom. The molecule has 3 rings (SSSR count). The van der Waals surface area contributed by atoms with E-state index >= 15 is 0 Å². The summed E-state index contributed by atoms with van der Waals surface area (Å²) in [7, 11) is 0. The van der Waals surface area contributed by atoms with E-state index in [1.165, 1.54) is 19.4 Å². The number of aromatic amines is 1. The molecule has 0 amide bonds. The van der Waals surface area contributed by atoms with E-state index in [-0.39, 0.29) is 5.78 Å². The molecular weight excluding hydrogens is 250 g/mol. The first-order valence-electron chi connectivity index (χ1n) is 7.76. The minimum Gasteiger partial charge on any atom is -0.362 e. The number of aryl methyl sites for hydroxylation is 2. The summed E-state index contributed by atoms with van der Waals surface area (Å²) in [5, 5.41) is 0. The lowest BCUT2D eigenvalue weighted by Gasteiger charge is -2.34. The van der Waals surface area contributed by atoms with E-state index in [2.05, 4.69) is 14.8 Å². The number of hydrogen-bond donors (Lipinski definition) is 1. The standard InChI is InChI=1S/C16H25N3O/c1-12-9-15(13(2)17-12)16(20)11-19-7-5-18(6-8-19)10-14-3-4-14/h9,14,17H,3-8,10-11H2,1-2H3. The van der Waals surface area contributed by atoms with Gasteiger partial charge >= 0.3 is 0 Å². The van der Waals surface area contributed by atoms with Crippen LogP contribution in [0.5, 0.6) is 0 Å². The number of nitrogens with zero attached hydrogens (tertiary/aromatic N) is 2. The van der Waals surface area contributed by atoms with Crippen LogP contribution in [0.3, 0.4) is 0 Å². The summed E-state index contributed by atoms with van der Waals surface area (Å²) in [5.74, 6) is 1.22. The van der Waals surface area contributed by atoms with Gasteiger partial charge in [-0.05, 0) is 38.7 Å². The molecular formula is C16H25N3O. The molecule has 0 bridgehead atoms. The van der Waals surface area contributed by atoms with Gasteiger partial charge < -0.3 is 9.88 Å². The van der Waals surface area contributed by atoms with Gasteiger partial charge in [0.25, 0.3) is 0 Å². The topological polar surface area (TPSA) is 39.3 Å². The minimum atomic E-state index is 0.252. The number of carbonyl (C=O) groups is 1. The zero-order chi connectivity index (χ0) is 14.1. The van der Waals surface area contributed by atoms with E-state index in [4.69, 9.17) is 0 Å². The molecule has 0 spiro atoms. The molecule has 0 aromatic carbocycles. The maximum Gasteiger partial charge on any atom is 0.178 e. The Balaban J connectivity index is 1.49. The Labute approximate surface area is 121 Å². The number of hydrogen-bond acceptors (Lipinski definition) is 3. The molecule has 1 aromatic heterocycles. The molecule has 0 unspecified atom stereocenters. The van der Waals surface area contributed by atoms with E-state index in [1.54, 1.807) is 0 Å². The number of aromatic nitrogens is 1. The molecule has 1 saturated heterocycles. The lowest BCUT2D eigenvalue weighted by molar-refractivity contribution is 0.0846. The van der Waals surface area contributed by atoms with Gasteiger partial charge in [0, 0.05) is 49.7 Å². The first kappa shape index (κ1) is 13.8. The smallest absolute Gasteiger partial charge is 0.178 e. The van der Waals surface area contributed by atoms with Crippen molar-refractivity contribution in [2.24, 2.45) is 5.92 Å². The van der Waals surface area contributed by atoms with Crippen molar-refractivity contribution in [1.29, 1.82) is 0 Å². The quantitative estimate of drug-likeness (QED) is 0.834. The van der Waals surface area contributed by atoms with Gasteiger partial charge in [-0.15, -0.1) is 0 Å². The molecule has 1 aliphatic carbocycles. The van der Waals surface area contributed by atoms with E-state index in [0.717, 1.165) is 49.0 Å². The van der Waals surface area contributed by atoms with Gasteiger partial charge in [0.05, 0.1) is 6.54 Å². The minimum absolute atomic E-state index is 0.252. The lowest BCUT2D eigenvalue weighted by Crippen LogP contribution is -2.48. The number of carbonyl (C=O) groups excluding carboxylic acids is 1. The van der Waals surface area contributed by atoms with Crippen molar-refractivity contribution in [3.8, 4) is 0 Å². The van der Waals surface area contributed by atoms with Crippen molar-refractivity contribution in [3.05, 3.63) is 23.0 Å². The molecule has 2 fully saturated rings. The molecule has 1 aromatic rings. The summed E-state index contributed by atoms with van der Waals surface area (Å²) < 4.78 is 0. The average molecular weight is 275 g/mol. The van der Waals surface area contributed by atoms with Crippen LogP contribution in [0.4, 0.5) is 0 Å². The molecule has 2 aliphatic rings. The zero-order valence-electron chi connectivity index (χ0n) is 12.6. The third-order valence-electron chi connectivity index (χ3n) is 4.50. The first-order valence-corrected chi connectivity index (χ1v) is 7.76.